The molecule has 1 aromatic heterocycles. The Hall–Kier alpha value is -1.99. The Kier molecular flexibility index (Phi) is 6.69. The Bertz CT molecular complexity index is 733. The molecule has 2 aromatic rings. The smallest absolute Gasteiger partial charge is 0.305 e. The lowest BCUT2D eigenvalue weighted by atomic mass is 10.2. The zero-order chi connectivity index (χ0) is 17.5. The number of ether oxygens (including phenoxy) is 1. The highest BCUT2D eigenvalue weighted by Crippen LogP contribution is 2.21. The number of carbonyl (C=O) groups is 2. The second-order valence-corrected chi connectivity index (χ2v) is 6.19. The van der Waals surface area contributed by atoms with Crippen LogP contribution in [0, 0.1) is 6.92 Å². The average molecular weight is 416 g/mol. The van der Waals surface area contributed by atoms with Gasteiger partial charge in [0.2, 0.25) is 5.91 Å². The second-order valence-electron chi connectivity index (χ2n) is 4.97. The van der Waals surface area contributed by atoms with Gasteiger partial charge in [0.15, 0.2) is 10.4 Å². The van der Waals surface area contributed by atoms with E-state index in [9.17, 15) is 9.59 Å². The predicted molar refractivity (Wildman–Crippen MR) is 92.9 cm³/mol. The highest BCUT2D eigenvalue weighted by atomic mass is 79.9. The summed E-state index contributed by atoms with van der Waals surface area (Å²) in [7, 11) is 0. The van der Waals surface area contributed by atoms with E-state index < -0.39 is 5.91 Å². The van der Waals surface area contributed by atoms with Crippen molar-refractivity contribution < 1.29 is 18.7 Å². The molecule has 0 saturated heterocycles. The van der Waals surface area contributed by atoms with Crippen molar-refractivity contribution in [3.05, 3.63) is 51.3 Å². The molecule has 24 heavy (non-hydrogen) atoms. The molecule has 2 N–H and O–H groups in total. The van der Waals surface area contributed by atoms with Crippen LogP contribution in [0.5, 0.6) is 5.75 Å². The summed E-state index contributed by atoms with van der Waals surface area (Å²) in [6.07, 6.45) is 0.727. The molecule has 0 bridgehead atoms. The van der Waals surface area contributed by atoms with Crippen molar-refractivity contribution in [3.8, 4) is 5.75 Å². The fourth-order valence-electron chi connectivity index (χ4n) is 1.88. The van der Waals surface area contributed by atoms with Gasteiger partial charge >= 0.3 is 5.91 Å². The molecule has 2 rings (SSSR count). The monoisotopic (exact) mass is 414 g/mol. The van der Waals surface area contributed by atoms with E-state index in [2.05, 4.69) is 26.8 Å². The summed E-state index contributed by atoms with van der Waals surface area (Å²) >= 11 is 8.97. The van der Waals surface area contributed by atoms with E-state index in [1.807, 2.05) is 13.0 Å². The van der Waals surface area contributed by atoms with Crippen LogP contribution in [0.2, 0.25) is 5.02 Å². The zero-order valence-corrected chi connectivity index (χ0v) is 15.2. The molecule has 128 valence electrons. The molecule has 0 fully saturated rings. The molecule has 1 aromatic carbocycles. The molecule has 0 aliphatic heterocycles. The predicted octanol–water partition coefficient (Wildman–Crippen LogP) is 3.62. The van der Waals surface area contributed by atoms with Gasteiger partial charge in [0, 0.05) is 11.4 Å². The van der Waals surface area contributed by atoms with Crippen molar-refractivity contribution in [2.45, 2.75) is 19.8 Å². The van der Waals surface area contributed by atoms with E-state index >= 15 is 0 Å². The van der Waals surface area contributed by atoms with Gasteiger partial charge in [-0.25, -0.2) is 0 Å². The Morgan fingerprint density at radius 1 is 1.25 bits per heavy atom. The molecule has 0 saturated carbocycles. The third kappa shape index (κ3) is 5.58. The number of hydrazine groups is 1. The Morgan fingerprint density at radius 2 is 2.04 bits per heavy atom. The Balaban J connectivity index is 1.65. The Morgan fingerprint density at radius 3 is 2.71 bits per heavy atom. The number of aryl methyl sites for hydroxylation is 1. The normalized spacial score (nSPS) is 10.3. The number of carbonyl (C=O) groups excluding carboxylic acids is 2. The zero-order valence-electron chi connectivity index (χ0n) is 12.9. The van der Waals surface area contributed by atoms with Crippen LogP contribution < -0.4 is 15.6 Å². The van der Waals surface area contributed by atoms with E-state index in [4.69, 9.17) is 20.8 Å². The van der Waals surface area contributed by atoms with Crippen LogP contribution in [0.1, 0.15) is 29.0 Å². The molecule has 0 radical (unpaired) electrons. The number of hydrogen-bond acceptors (Lipinski definition) is 4. The quantitative estimate of drug-likeness (QED) is 0.558. The summed E-state index contributed by atoms with van der Waals surface area (Å²) in [5.41, 5.74) is 5.53. The molecule has 0 aliphatic carbocycles. The SMILES string of the molecule is Cc1cc(Cl)ccc1OCCCC(=O)NNC(=O)c1ccc(Br)o1. The summed E-state index contributed by atoms with van der Waals surface area (Å²) in [6.45, 7) is 2.28. The topological polar surface area (TPSA) is 80.6 Å². The number of amides is 2. The van der Waals surface area contributed by atoms with E-state index in [0.717, 1.165) is 11.3 Å². The van der Waals surface area contributed by atoms with Crippen molar-refractivity contribution in [3.63, 3.8) is 0 Å². The first-order valence-electron chi connectivity index (χ1n) is 7.19. The van der Waals surface area contributed by atoms with Crippen molar-refractivity contribution in [1.82, 2.24) is 10.9 Å². The molecule has 1 heterocycles. The fraction of sp³-hybridized carbons (Fsp3) is 0.250. The molecule has 8 heteroatoms. The van der Waals surface area contributed by atoms with Gasteiger partial charge in [-0.2, -0.15) is 0 Å². The van der Waals surface area contributed by atoms with Gasteiger partial charge in [0.1, 0.15) is 5.75 Å². The molecule has 0 spiro atoms. The van der Waals surface area contributed by atoms with Crippen LogP contribution in [0.15, 0.2) is 39.4 Å². The number of hydrogen-bond donors (Lipinski definition) is 2. The van der Waals surface area contributed by atoms with E-state index in [0.29, 0.717) is 22.7 Å². The number of benzene rings is 1. The molecule has 0 aliphatic rings. The number of furan rings is 1. The maximum Gasteiger partial charge on any atom is 0.305 e. The second kappa shape index (κ2) is 8.75. The van der Waals surface area contributed by atoms with Gasteiger partial charge in [0.05, 0.1) is 6.61 Å². The fourth-order valence-corrected chi connectivity index (χ4v) is 2.41. The first-order valence-corrected chi connectivity index (χ1v) is 8.36. The largest absolute Gasteiger partial charge is 0.493 e. The van der Waals surface area contributed by atoms with Crippen molar-refractivity contribution in [2.75, 3.05) is 6.61 Å². The third-order valence-electron chi connectivity index (χ3n) is 3.06. The first-order chi connectivity index (χ1) is 11.5. The lowest BCUT2D eigenvalue weighted by Gasteiger charge is -2.09. The van der Waals surface area contributed by atoms with E-state index in [1.54, 1.807) is 18.2 Å². The van der Waals surface area contributed by atoms with Gasteiger partial charge in [-0.1, -0.05) is 11.6 Å². The minimum absolute atomic E-state index is 0.101. The lowest BCUT2D eigenvalue weighted by molar-refractivity contribution is -0.122. The van der Waals surface area contributed by atoms with Gasteiger partial charge in [-0.05, 0) is 65.2 Å². The maximum absolute atomic E-state index is 11.7. The molecule has 0 unspecified atom stereocenters. The molecule has 0 atom stereocenters. The number of rotatable bonds is 6. The number of halogens is 2. The minimum atomic E-state index is -0.526. The summed E-state index contributed by atoms with van der Waals surface area (Å²) < 4.78 is 11.1. The minimum Gasteiger partial charge on any atom is -0.493 e. The Labute approximate surface area is 152 Å². The lowest BCUT2D eigenvalue weighted by Crippen LogP contribution is -2.41. The van der Waals surface area contributed by atoms with Crippen molar-refractivity contribution in [1.29, 1.82) is 0 Å². The van der Waals surface area contributed by atoms with Crippen LogP contribution in [0.25, 0.3) is 0 Å². The molecule has 6 nitrogen and oxygen atoms in total. The van der Waals surface area contributed by atoms with Gasteiger partial charge in [-0.3, -0.25) is 20.4 Å². The van der Waals surface area contributed by atoms with Gasteiger partial charge in [0.25, 0.3) is 0 Å². The molecular formula is C16H16BrClN2O4. The van der Waals surface area contributed by atoms with Crippen LogP contribution in [-0.4, -0.2) is 18.4 Å². The van der Waals surface area contributed by atoms with E-state index in [-0.39, 0.29) is 18.1 Å². The summed E-state index contributed by atoms with van der Waals surface area (Å²) in [5, 5.41) is 0.651. The highest BCUT2D eigenvalue weighted by Gasteiger charge is 2.11. The molecule has 2 amide bonds. The van der Waals surface area contributed by atoms with E-state index in [1.165, 1.54) is 6.07 Å². The average Bonchev–Trinajstić information content (AvgIpc) is 2.97. The third-order valence-corrected chi connectivity index (χ3v) is 3.72. The molecular weight excluding hydrogens is 400 g/mol. The standard InChI is InChI=1S/C16H16BrClN2O4/c1-10-9-11(18)4-5-12(10)23-8-2-3-15(21)19-20-16(22)13-6-7-14(17)24-13/h4-7,9H,2-3,8H2,1H3,(H,19,21)(H,20,22). The maximum atomic E-state index is 11.7. The first kappa shape index (κ1) is 18.4. The van der Waals surface area contributed by atoms with Gasteiger partial charge in [-0.15, -0.1) is 0 Å². The van der Waals surface area contributed by atoms with Crippen LogP contribution in [-0.2, 0) is 4.79 Å². The number of nitrogens with one attached hydrogen (secondary N) is 2. The van der Waals surface area contributed by atoms with Crippen LogP contribution in [0.3, 0.4) is 0 Å². The van der Waals surface area contributed by atoms with Crippen molar-refractivity contribution >= 4 is 39.3 Å². The summed E-state index contributed by atoms with van der Waals surface area (Å²) in [5.74, 6) is -0.00674. The van der Waals surface area contributed by atoms with Gasteiger partial charge < -0.3 is 9.15 Å². The summed E-state index contributed by atoms with van der Waals surface area (Å²) in [6, 6.07) is 8.44. The van der Waals surface area contributed by atoms with Crippen LogP contribution in [0.4, 0.5) is 0 Å². The summed E-state index contributed by atoms with van der Waals surface area (Å²) in [4.78, 5) is 23.3. The highest BCUT2D eigenvalue weighted by molar-refractivity contribution is 9.10. The van der Waals surface area contributed by atoms with Crippen molar-refractivity contribution in [2.24, 2.45) is 0 Å². The van der Waals surface area contributed by atoms with Crippen LogP contribution >= 0.6 is 27.5 Å².